The number of furan rings is 1. The molecule has 0 aromatic carbocycles. The Bertz CT molecular complexity index is 459. The molecule has 3 heteroatoms. The number of hydrogen-bond donors (Lipinski definition) is 0. The number of aromatic nitrogens is 1. The van der Waals surface area contributed by atoms with Crippen LogP contribution in [0.3, 0.4) is 0 Å². The summed E-state index contributed by atoms with van der Waals surface area (Å²) in [6.45, 7) is 1.86. The average Bonchev–Trinajstić information content (AvgIpc) is 2.66. The average molecular weight is 201 g/mol. The van der Waals surface area contributed by atoms with Crippen molar-refractivity contribution in [3.63, 3.8) is 0 Å². The van der Waals surface area contributed by atoms with E-state index in [4.69, 9.17) is 4.42 Å². The summed E-state index contributed by atoms with van der Waals surface area (Å²) in [6.07, 6.45) is 5.25. The zero-order valence-electron chi connectivity index (χ0n) is 8.43. The van der Waals surface area contributed by atoms with E-state index < -0.39 is 0 Å². The third-order valence-electron chi connectivity index (χ3n) is 2.23. The van der Waals surface area contributed by atoms with E-state index >= 15 is 0 Å². The first-order chi connectivity index (χ1) is 7.27. The van der Waals surface area contributed by atoms with Gasteiger partial charge < -0.3 is 4.42 Å². The summed E-state index contributed by atoms with van der Waals surface area (Å²) < 4.78 is 5.13. The lowest BCUT2D eigenvalue weighted by molar-refractivity contribution is 0.0965. The summed E-state index contributed by atoms with van der Waals surface area (Å²) in [7, 11) is 0. The Kier molecular flexibility index (Phi) is 2.63. The summed E-state index contributed by atoms with van der Waals surface area (Å²) in [5, 5.41) is 0. The smallest absolute Gasteiger partial charge is 0.202 e. The normalized spacial score (nSPS) is 10.2. The molecule has 0 bridgehead atoms. The molecule has 0 atom stereocenters. The van der Waals surface area contributed by atoms with Crippen LogP contribution >= 0.6 is 0 Å². The van der Waals surface area contributed by atoms with Crippen LogP contribution in [0.25, 0.3) is 0 Å². The summed E-state index contributed by atoms with van der Waals surface area (Å²) in [4.78, 5) is 15.7. The molecule has 0 aliphatic carbocycles. The minimum absolute atomic E-state index is 0.00343. The zero-order chi connectivity index (χ0) is 10.7. The third kappa shape index (κ3) is 2.13. The van der Waals surface area contributed by atoms with Crippen LogP contribution in [0.1, 0.15) is 21.7 Å². The minimum Gasteiger partial charge on any atom is -0.461 e. The number of Topliss-reactive ketones (excluding diaryl/α,β-unsaturated/α-hetero) is 1. The van der Waals surface area contributed by atoms with E-state index in [9.17, 15) is 4.79 Å². The number of pyridine rings is 1. The molecular formula is C12H11NO2. The van der Waals surface area contributed by atoms with Gasteiger partial charge in [-0.1, -0.05) is 0 Å². The van der Waals surface area contributed by atoms with Crippen molar-refractivity contribution in [2.24, 2.45) is 0 Å². The van der Waals surface area contributed by atoms with Crippen LogP contribution in [-0.2, 0) is 6.42 Å². The molecule has 0 saturated heterocycles. The van der Waals surface area contributed by atoms with Crippen LogP contribution in [0.15, 0.2) is 41.3 Å². The predicted octanol–water partition coefficient (Wildman–Crippen LogP) is 2.41. The van der Waals surface area contributed by atoms with E-state index in [1.807, 2.05) is 19.1 Å². The van der Waals surface area contributed by atoms with Gasteiger partial charge in [-0.3, -0.25) is 9.78 Å². The standard InChI is InChI=1S/C12H11NO2/c1-9-4-7-15-12(9)11(14)8-10-2-5-13-6-3-10/h2-7H,8H2,1H3. The van der Waals surface area contributed by atoms with E-state index in [0.717, 1.165) is 11.1 Å². The molecule has 2 heterocycles. The molecule has 0 aliphatic rings. The highest BCUT2D eigenvalue weighted by atomic mass is 16.3. The molecule has 0 unspecified atom stereocenters. The van der Waals surface area contributed by atoms with Crippen molar-refractivity contribution < 1.29 is 9.21 Å². The highest BCUT2D eigenvalue weighted by Crippen LogP contribution is 2.12. The van der Waals surface area contributed by atoms with E-state index in [-0.39, 0.29) is 5.78 Å². The van der Waals surface area contributed by atoms with Gasteiger partial charge in [0.25, 0.3) is 0 Å². The molecule has 2 aromatic heterocycles. The van der Waals surface area contributed by atoms with Crippen LogP contribution in [0.4, 0.5) is 0 Å². The molecule has 0 amide bonds. The number of hydrogen-bond acceptors (Lipinski definition) is 3. The highest BCUT2D eigenvalue weighted by molar-refractivity contribution is 5.96. The van der Waals surface area contributed by atoms with Gasteiger partial charge in [0.05, 0.1) is 6.26 Å². The van der Waals surface area contributed by atoms with Crippen molar-refractivity contribution in [1.29, 1.82) is 0 Å². The third-order valence-corrected chi connectivity index (χ3v) is 2.23. The first-order valence-corrected chi connectivity index (χ1v) is 4.73. The lowest BCUT2D eigenvalue weighted by atomic mass is 10.1. The van der Waals surface area contributed by atoms with Gasteiger partial charge in [-0.25, -0.2) is 0 Å². The van der Waals surface area contributed by atoms with Crippen LogP contribution < -0.4 is 0 Å². The summed E-state index contributed by atoms with van der Waals surface area (Å²) in [5.74, 6) is 0.454. The predicted molar refractivity (Wildman–Crippen MR) is 55.7 cm³/mol. The molecule has 0 fully saturated rings. The van der Waals surface area contributed by atoms with Gasteiger partial charge in [-0.05, 0) is 36.2 Å². The lowest BCUT2D eigenvalue weighted by Gasteiger charge is -1.98. The fraction of sp³-hybridized carbons (Fsp3) is 0.167. The van der Waals surface area contributed by atoms with E-state index in [1.165, 1.54) is 6.26 Å². The molecule has 0 radical (unpaired) electrons. The van der Waals surface area contributed by atoms with Gasteiger partial charge in [0.1, 0.15) is 0 Å². The molecule has 76 valence electrons. The summed E-state index contributed by atoms with van der Waals surface area (Å²) in [5.41, 5.74) is 1.83. The van der Waals surface area contributed by atoms with Crippen LogP contribution in [0.5, 0.6) is 0 Å². The number of carbonyl (C=O) groups is 1. The van der Waals surface area contributed by atoms with Crippen molar-refractivity contribution >= 4 is 5.78 Å². The minimum atomic E-state index is 0.00343. The quantitative estimate of drug-likeness (QED) is 0.716. The van der Waals surface area contributed by atoms with Crippen molar-refractivity contribution in [2.75, 3.05) is 0 Å². The van der Waals surface area contributed by atoms with Gasteiger partial charge >= 0.3 is 0 Å². The largest absolute Gasteiger partial charge is 0.461 e. The second kappa shape index (κ2) is 4.09. The van der Waals surface area contributed by atoms with Gasteiger partial charge in [-0.2, -0.15) is 0 Å². The van der Waals surface area contributed by atoms with Gasteiger partial charge in [0.15, 0.2) is 5.76 Å². The Morgan fingerprint density at radius 3 is 2.67 bits per heavy atom. The van der Waals surface area contributed by atoms with Crippen LogP contribution in [-0.4, -0.2) is 10.8 Å². The Balaban J connectivity index is 2.15. The fourth-order valence-corrected chi connectivity index (χ4v) is 1.42. The van der Waals surface area contributed by atoms with Crippen molar-refractivity contribution in [3.05, 3.63) is 53.7 Å². The van der Waals surface area contributed by atoms with Gasteiger partial charge in [-0.15, -0.1) is 0 Å². The Hall–Kier alpha value is -1.90. The molecule has 3 nitrogen and oxygen atoms in total. The lowest BCUT2D eigenvalue weighted by Crippen LogP contribution is -2.03. The molecule has 0 saturated carbocycles. The monoisotopic (exact) mass is 201 g/mol. The topological polar surface area (TPSA) is 43.1 Å². The van der Waals surface area contributed by atoms with Gasteiger partial charge in [0, 0.05) is 18.8 Å². The Morgan fingerprint density at radius 1 is 1.33 bits per heavy atom. The zero-order valence-corrected chi connectivity index (χ0v) is 8.43. The van der Waals surface area contributed by atoms with E-state index in [0.29, 0.717) is 12.2 Å². The number of aryl methyl sites for hydroxylation is 1. The maximum absolute atomic E-state index is 11.8. The molecular weight excluding hydrogens is 190 g/mol. The molecule has 0 N–H and O–H groups in total. The van der Waals surface area contributed by atoms with E-state index in [1.54, 1.807) is 18.5 Å². The van der Waals surface area contributed by atoms with Crippen LogP contribution in [0.2, 0.25) is 0 Å². The first kappa shape index (κ1) is 9.65. The maximum Gasteiger partial charge on any atom is 0.202 e. The first-order valence-electron chi connectivity index (χ1n) is 4.73. The number of ketones is 1. The van der Waals surface area contributed by atoms with Gasteiger partial charge in [0.2, 0.25) is 5.78 Å². The van der Waals surface area contributed by atoms with Crippen molar-refractivity contribution in [3.8, 4) is 0 Å². The Morgan fingerprint density at radius 2 is 2.07 bits per heavy atom. The van der Waals surface area contributed by atoms with E-state index in [2.05, 4.69) is 4.98 Å². The molecule has 2 aromatic rings. The summed E-state index contributed by atoms with van der Waals surface area (Å²) in [6, 6.07) is 5.45. The molecule has 0 spiro atoms. The SMILES string of the molecule is Cc1ccoc1C(=O)Cc1ccncc1. The summed E-state index contributed by atoms with van der Waals surface area (Å²) >= 11 is 0. The Labute approximate surface area is 87.8 Å². The molecule has 15 heavy (non-hydrogen) atoms. The number of carbonyl (C=O) groups excluding carboxylic acids is 1. The second-order valence-corrected chi connectivity index (χ2v) is 3.39. The van der Waals surface area contributed by atoms with Crippen LogP contribution in [0, 0.1) is 6.92 Å². The maximum atomic E-state index is 11.8. The van der Waals surface area contributed by atoms with Crippen molar-refractivity contribution in [2.45, 2.75) is 13.3 Å². The number of rotatable bonds is 3. The van der Waals surface area contributed by atoms with Crippen molar-refractivity contribution in [1.82, 2.24) is 4.98 Å². The number of nitrogens with zero attached hydrogens (tertiary/aromatic N) is 1. The molecule has 2 rings (SSSR count). The second-order valence-electron chi connectivity index (χ2n) is 3.39. The molecule has 0 aliphatic heterocycles. The fourth-order valence-electron chi connectivity index (χ4n) is 1.42. The highest BCUT2D eigenvalue weighted by Gasteiger charge is 2.12.